The Hall–Kier alpha value is -1.13. The molecule has 0 saturated heterocycles. The van der Waals surface area contributed by atoms with Crippen molar-refractivity contribution in [3.8, 4) is 5.75 Å². The van der Waals surface area contributed by atoms with Crippen LogP contribution >= 0.6 is 0 Å². The van der Waals surface area contributed by atoms with Crippen molar-refractivity contribution >= 4 is 0 Å². The van der Waals surface area contributed by atoms with Gasteiger partial charge in [0.05, 0.1) is 18.8 Å². The van der Waals surface area contributed by atoms with Crippen molar-refractivity contribution in [2.75, 3.05) is 6.79 Å². The van der Waals surface area contributed by atoms with E-state index in [-0.39, 0.29) is 31.7 Å². The molecule has 1 aliphatic rings. The zero-order valence-electron chi connectivity index (χ0n) is 9.42. The van der Waals surface area contributed by atoms with E-state index in [1.54, 1.807) is 6.07 Å². The number of aliphatic hydroxyl groups excluding tert-OH is 1. The van der Waals surface area contributed by atoms with Gasteiger partial charge in [0.2, 0.25) is 0 Å². The highest BCUT2D eigenvalue weighted by molar-refractivity contribution is 5.46. The Labute approximate surface area is 93.8 Å². The maximum Gasteiger partial charge on any atom is 0.189 e. The summed E-state index contributed by atoms with van der Waals surface area (Å²) in [7, 11) is 0. The van der Waals surface area contributed by atoms with Gasteiger partial charge in [0, 0.05) is 5.56 Å². The third kappa shape index (κ3) is 1.79. The van der Waals surface area contributed by atoms with Gasteiger partial charge in [-0.25, -0.2) is 4.39 Å². The molecule has 0 fully saturated rings. The molecule has 1 aromatic rings. The van der Waals surface area contributed by atoms with Crippen LogP contribution in [-0.2, 0) is 18.0 Å². The van der Waals surface area contributed by atoms with E-state index >= 15 is 0 Å². The maximum absolute atomic E-state index is 14.1. The predicted octanol–water partition coefficient (Wildman–Crippen LogP) is 2.31. The Morgan fingerprint density at radius 1 is 1.50 bits per heavy atom. The summed E-state index contributed by atoms with van der Waals surface area (Å²) in [6.07, 6.45) is 0. The molecule has 88 valence electrons. The van der Waals surface area contributed by atoms with Crippen molar-refractivity contribution in [2.45, 2.75) is 33.0 Å². The van der Waals surface area contributed by atoms with Gasteiger partial charge in [-0.15, -0.1) is 0 Å². The Balaban J connectivity index is 2.60. The Morgan fingerprint density at radius 3 is 2.88 bits per heavy atom. The quantitative estimate of drug-likeness (QED) is 0.841. The number of aliphatic hydroxyl groups is 1. The largest absolute Gasteiger partial charge is 0.467 e. The van der Waals surface area contributed by atoms with Crippen molar-refractivity contribution in [1.82, 2.24) is 0 Å². The van der Waals surface area contributed by atoms with Crippen molar-refractivity contribution in [1.29, 1.82) is 0 Å². The number of hydrogen-bond donors (Lipinski definition) is 1. The molecular formula is C12H15FO3. The van der Waals surface area contributed by atoms with E-state index in [0.29, 0.717) is 22.4 Å². The van der Waals surface area contributed by atoms with Crippen LogP contribution in [0.1, 0.15) is 36.5 Å². The summed E-state index contributed by atoms with van der Waals surface area (Å²) in [5, 5.41) is 9.25. The van der Waals surface area contributed by atoms with Gasteiger partial charge in [0.15, 0.2) is 6.79 Å². The van der Waals surface area contributed by atoms with E-state index < -0.39 is 0 Å². The van der Waals surface area contributed by atoms with Crippen molar-refractivity contribution in [2.24, 2.45) is 0 Å². The van der Waals surface area contributed by atoms with Gasteiger partial charge in [-0.05, 0) is 17.5 Å². The Kier molecular flexibility index (Phi) is 3.12. The van der Waals surface area contributed by atoms with Crippen molar-refractivity contribution < 1.29 is 19.0 Å². The molecule has 0 atom stereocenters. The number of ether oxygens (including phenoxy) is 2. The van der Waals surface area contributed by atoms with Crippen LogP contribution in [0.25, 0.3) is 0 Å². The third-order valence-electron chi connectivity index (χ3n) is 2.74. The zero-order chi connectivity index (χ0) is 11.7. The molecule has 0 bridgehead atoms. The highest BCUT2D eigenvalue weighted by Gasteiger charge is 2.23. The van der Waals surface area contributed by atoms with E-state index in [1.807, 2.05) is 13.8 Å². The van der Waals surface area contributed by atoms with Crippen LogP contribution in [0.15, 0.2) is 6.07 Å². The first kappa shape index (κ1) is 11.4. The van der Waals surface area contributed by atoms with Crippen LogP contribution in [0.5, 0.6) is 5.75 Å². The maximum atomic E-state index is 14.1. The van der Waals surface area contributed by atoms with Gasteiger partial charge < -0.3 is 14.6 Å². The zero-order valence-corrected chi connectivity index (χ0v) is 9.42. The standard InChI is InChI=1S/C12H15FO3/c1-7(2)9-3-8(4-14)12-10(11(9)13)5-15-6-16-12/h3,7,14H,4-6H2,1-2H3. The average Bonchev–Trinajstić information content (AvgIpc) is 2.29. The van der Waals surface area contributed by atoms with Crippen LogP contribution < -0.4 is 4.74 Å². The summed E-state index contributed by atoms with van der Waals surface area (Å²) in [5.41, 5.74) is 1.64. The van der Waals surface area contributed by atoms with Crippen LogP contribution in [-0.4, -0.2) is 11.9 Å². The lowest BCUT2D eigenvalue weighted by Crippen LogP contribution is -2.16. The fourth-order valence-corrected chi connectivity index (χ4v) is 1.87. The summed E-state index contributed by atoms with van der Waals surface area (Å²) in [4.78, 5) is 0. The molecule has 3 nitrogen and oxygen atoms in total. The first-order valence-electron chi connectivity index (χ1n) is 5.30. The van der Waals surface area contributed by atoms with E-state index in [1.165, 1.54) is 0 Å². The second kappa shape index (κ2) is 4.39. The fourth-order valence-electron chi connectivity index (χ4n) is 1.87. The first-order valence-corrected chi connectivity index (χ1v) is 5.30. The fraction of sp³-hybridized carbons (Fsp3) is 0.500. The monoisotopic (exact) mass is 226 g/mol. The number of halogens is 1. The molecule has 4 heteroatoms. The van der Waals surface area contributed by atoms with Gasteiger partial charge >= 0.3 is 0 Å². The second-order valence-electron chi connectivity index (χ2n) is 4.17. The Bertz CT molecular complexity index is 402. The minimum Gasteiger partial charge on any atom is -0.467 e. The topological polar surface area (TPSA) is 38.7 Å². The molecular weight excluding hydrogens is 211 g/mol. The van der Waals surface area contributed by atoms with Gasteiger partial charge in [-0.1, -0.05) is 13.8 Å². The molecule has 0 unspecified atom stereocenters. The van der Waals surface area contributed by atoms with Gasteiger partial charge in [-0.3, -0.25) is 0 Å². The van der Waals surface area contributed by atoms with Crippen LogP contribution in [0.4, 0.5) is 4.39 Å². The summed E-state index contributed by atoms with van der Waals surface area (Å²) in [5.74, 6) is 0.232. The normalized spacial score (nSPS) is 14.8. The molecule has 0 spiro atoms. The summed E-state index contributed by atoms with van der Waals surface area (Å²) < 4.78 is 24.4. The molecule has 1 aliphatic heterocycles. The van der Waals surface area contributed by atoms with Gasteiger partial charge in [-0.2, -0.15) is 0 Å². The van der Waals surface area contributed by atoms with Crippen LogP contribution in [0, 0.1) is 5.82 Å². The minimum absolute atomic E-state index is 0.0672. The predicted molar refractivity (Wildman–Crippen MR) is 56.7 cm³/mol. The van der Waals surface area contributed by atoms with E-state index in [0.717, 1.165) is 0 Å². The van der Waals surface area contributed by atoms with Gasteiger partial charge in [0.1, 0.15) is 11.6 Å². The number of fused-ring (bicyclic) bond motifs is 1. The summed E-state index contributed by atoms with van der Waals surface area (Å²) in [6, 6.07) is 1.67. The number of benzene rings is 1. The molecule has 2 rings (SSSR count). The lowest BCUT2D eigenvalue weighted by Gasteiger charge is -2.23. The number of rotatable bonds is 2. The average molecular weight is 226 g/mol. The summed E-state index contributed by atoms with van der Waals surface area (Å²) >= 11 is 0. The van der Waals surface area contributed by atoms with E-state index in [4.69, 9.17) is 9.47 Å². The molecule has 1 N–H and O–H groups in total. The molecule has 0 radical (unpaired) electrons. The smallest absolute Gasteiger partial charge is 0.189 e. The molecule has 16 heavy (non-hydrogen) atoms. The lowest BCUT2D eigenvalue weighted by atomic mass is 9.96. The third-order valence-corrected chi connectivity index (χ3v) is 2.74. The molecule has 1 aromatic carbocycles. The highest BCUT2D eigenvalue weighted by Crippen LogP contribution is 2.35. The summed E-state index contributed by atoms with van der Waals surface area (Å²) in [6.45, 7) is 3.99. The van der Waals surface area contributed by atoms with Crippen LogP contribution in [0.3, 0.4) is 0 Å². The molecule has 0 aliphatic carbocycles. The lowest BCUT2D eigenvalue weighted by molar-refractivity contribution is -0.0197. The molecule has 0 aromatic heterocycles. The SMILES string of the molecule is CC(C)c1cc(CO)c2c(c1F)COCO2. The van der Waals surface area contributed by atoms with Crippen LogP contribution in [0.2, 0.25) is 0 Å². The van der Waals surface area contributed by atoms with E-state index in [2.05, 4.69) is 0 Å². The van der Waals surface area contributed by atoms with E-state index in [9.17, 15) is 9.50 Å². The Morgan fingerprint density at radius 2 is 2.25 bits per heavy atom. The minimum atomic E-state index is -0.276. The molecule has 1 heterocycles. The van der Waals surface area contributed by atoms with Gasteiger partial charge in [0.25, 0.3) is 0 Å². The number of hydrogen-bond acceptors (Lipinski definition) is 3. The second-order valence-corrected chi connectivity index (χ2v) is 4.17. The molecule has 0 saturated carbocycles. The van der Waals surface area contributed by atoms with Crippen molar-refractivity contribution in [3.63, 3.8) is 0 Å². The first-order chi connectivity index (χ1) is 7.65. The molecule has 0 amide bonds. The highest BCUT2D eigenvalue weighted by atomic mass is 19.1. The van der Waals surface area contributed by atoms with Crippen molar-refractivity contribution in [3.05, 3.63) is 28.6 Å².